The quantitative estimate of drug-likeness (QED) is 0.850. The van der Waals surface area contributed by atoms with Gasteiger partial charge in [0.2, 0.25) is 0 Å². The summed E-state index contributed by atoms with van der Waals surface area (Å²) in [5, 5.41) is 10.8. The van der Waals surface area contributed by atoms with Gasteiger partial charge in [0.05, 0.1) is 7.11 Å². The average Bonchev–Trinajstić information content (AvgIpc) is 2.28. The molecule has 0 amide bonds. The minimum Gasteiger partial charge on any atom is -0.497 e. The van der Waals surface area contributed by atoms with Crippen molar-refractivity contribution in [3.63, 3.8) is 0 Å². The van der Waals surface area contributed by atoms with E-state index in [1.165, 1.54) is 0 Å². The zero-order valence-electron chi connectivity index (χ0n) is 10.9. The third kappa shape index (κ3) is 2.45. The van der Waals surface area contributed by atoms with Gasteiger partial charge in [0.1, 0.15) is 11.4 Å². The van der Waals surface area contributed by atoms with Crippen molar-refractivity contribution in [1.82, 2.24) is 4.90 Å². The predicted molar refractivity (Wildman–Crippen MR) is 68.4 cm³/mol. The second-order valence-electron chi connectivity index (χ2n) is 5.05. The highest BCUT2D eigenvalue weighted by atomic mass is 16.5. The minimum atomic E-state index is -0.705. The molecule has 0 spiro atoms. The van der Waals surface area contributed by atoms with Crippen LogP contribution in [-0.2, 0) is 5.60 Å². The van der Waals surface area contributed by atoms with Gasteiger partial charge >= 0.3 is 0 Å². The van der Waals surface area contributed by atoms with Crippen LogP contribution in [0.2, 0.25) is 0 Å². The van der Waals surface area contributed by atoms with Crippen LogP contribution in [0.3, 0.4) is 0 Å². The van der Waals surface area contributed by atoms with Crippen molar-refractivity contribution in [2.75, 3.05) is 27.2 Å². The summed E-state index contributed by atoms with van der Waals surface area (Å²) in [7, 11) is 3.72. The SMILES string of the molecule is COc1ccc(C2(O)CCCN(C)C2)c(C)c1. The summed E-state index contributed by atoms with van der Waals surface area (Å²) >= 11 is 0. The number of methoxy groups -OCH3 is 1. The molecule has 0 radical (unpaired) electrons. The monoisotopic (exact) mass is 235 g/mol. The second-order valence-corrected chi connectivity index (χ2v) is 5.05. The molecule has 1 heterocycles. The van der Waals surface area contributed by atoms with Crippen molar-refractivity contribution in [2.45, 2.75) is 25.4 Å². The van der Waals surface area contributed by atoms with Gasteiger partial charge in [-0.15, -0.1) is 0 Å². The van der Waals surface area contributed by atoms with Gasteiger partial charge in [0, 0.05) is 6.54 Å². The number of ether oxygens (including phenoxy) is 1. The fourth-order valence-electron chi connectivity index (χ4n) is 2.75. The molecular formula is C14H21NO2. The summed E-state index contributed by atoms with van der Waals surface area (Å²) in [6, 6.07) is 5.91. The van der Waals surface area contributed by atoms with Crippen LogP contribution in [0.25, 0.3) is 0 Å². The van der Waals surface area contributed by atoms with Crippen molar-refractivity contribution in [3.05, 3.63) is 29.3 Å². The Morgan fingerprint density at radius 3 is 2.76 bits per heavy atom. The van der Waals surface area contributed by atoms with Gasteiger partial charge in [-0.25, -0.2) is 0 Å². The van der Waals surface area contributed by atoms with Crippen LogP contribution in [0.15, 0.2) is 18.2 Å². The number of hydrogen-bond donors (Lipinski definition) is 1. The normalized spacial score (nSPS) is 25.9. The van der Waals surface area contributed by atoms with E-state index in [1.54, 1.807) is 7.11 Å². The molecule has 1 atom stereocenters. The summed E-state index contributed by atoms with van der Waals surface area (Å²) in [6.07, 6.45) is 1.88. The first-order valence-electron chi connectivity index (χ1n) is 6.11. The number of likely N-dealkylation sites (N-methyl/N-ethyl adjacent to an activating group) is 1. The Kier molecular flexibility index (Phi) is 3.40. The lowest BCUT2D eigenvalue weighted by Crippen LogP contribution is -2.44. The molecule has 0 saturated carbocycles. The topological polar surface area (TPSA) is 32.7 Å². The van der Waals surface area contributed by atoms with E-state index in [9.17, 15) is 5.11 Å². The van der Waals surface area contributed by atoms with E-state index in [0.717, 1.165) is 36.3 Å². The molecule has 1 N–H and O–H groups in total. The molecule has 1 aliphatic rings. The lowest BCUT2D eigenvalue weighted by atomic mass is 9.83. The number of aryl methyl sites for hydroxylation is 1. The third-order valence-electron chi connectivity index (χ3n) is 3.60. The molecule has 3 nitrogen and oxygen atoms in total. The summed E-state index contributed by atoms with van der Waals surface area (Å²) < 4.78 is 5.20. The number of rotatable bonds is 2. The van der Waals surface area contributed by atoms with E-state index in [0.29, 0.717) is 6.54 Å². The molecule has 3 heteroatoms. The molecule has 1 fully saturated rings. The third-order valence-corrected chi connectivity index (χ3v) is 3.60. The van der Waals surface area contributed by atoms with Crippen LogP contribution >= 0.6 is 0 Å². The maximum atomic E-state index is 10.8. The van der Waals surface area contributed by atoms with Gasteiger partial charge in [-0.3, -0.25) is 0 Å². The zero-order chi connectivity index (χ0) is 12.5. The van der Waals surface area contributed by atoms with Gasteiger partial charge in [-0.1, -0.05) is 6.07 Å². The maximum Gasteiger partial charge on any atom is 0.119 e. The van der Waals surface area contributed by atoms with E-state index in [2.05, 4.69) is 11.9 Å². The molecule has 94 valence electrons. The number of benzene rings is 1. The summed E-state index contributed by atoms with van der Waals surface area (Å²) in [6.45, 7) is 3.81. The second kappa shape index (κ2) is 4.67. The minimum absolute atomic E-state index is 0.705. The van der Waals surface area contributed by atoms with Crippen LogP contribution in [0.4, 0.5) is 0 Å². The van der Waals surface area contributed by atoms with Crippen LogP contribution < -0.4 is 4.74 Å². The number of piperidine rings is 1. The lowest BCUT2D eigenvalue weighted by molar-refractivity contribution is -0.0282. The highest BCUT2D eigenvalue weighted by Gasteiger charge is 2.34. The Morgan fingerprint density at radius 2 is 2.18 bits per heavy atom. The van der Waals surface area contributed by atoms with E-state index in [4.69, 9.17) is 4.74 Å². The van der Waals surface area contributed by atoms with Crippen LogP contribution in [0, 0.1) is 6.92 Å². The molecule has 1 aromatic rings. The molecule has 0 bridgehead atoms. The number of nitrogens with zero attached hydrogens (tertiary/aromatic N) is 1. The fourth-order valence-corrected chi connectivity index (χ4v) is 2.75. The Balaban J connectivity index is 2.32. The van der Waals surface area contributed by atoms with Crippen molar-refractivity contribution < 1.29 is 9.84 Å². The Bertz CT molecular complexity index is 405. The first-order valence-corrected chi connectivity index (χ1v) is 6.11. The van der Waals surface area contributed by atoms with Gasteiger partial charge in [0.25, 0.3) is 0 Å². The molecule has 1 aliphatic heterocycles. The van der Waals surface area contributed by atoms with E-state index in [1.807, 2.05) is 25.1 Å². The highest BCUT2D eigenvalue weighted by molar-refractivity contribution is 5.38. The first-order chi connectivity index (χ1) is 8.05. The van der Waals surface area contributed by atoms with Crippen LogP contribution in [0.5, 0.6) is 5.75 Å². The van der Waals surface area contributed by atoms with Crippen LogP contribution in [-0.4, -0.2) is 37.3 Å². The Labute approximate surface area is 103 Å². The van der Waals surface area contributed by atoms with Gasteiger partial charge in [-0.2, -0.15) is 0 Å². The Morgan fingerprint density at radius 1 is 1.41 bits per heavy atom. The lowest BCUT2D eigenvalue weighted by Gasteiger charge is -2.38. The molecule has 1 unspecified atom stereocenters. The largest absolute Gasteiger partial charge is 0.497 e. The summed E-state index contributed by atoms with van der Waals surface area (Å²) in [5.74, 6) is 0.846. The van der Waals surface area contributed by atoms with E-state index >= 15 is 0 Å². The van der Waals surface area contributed by atoms with E-state index in [-0.39, 0.29) is 0 Å². The van der Waals surface area contributed by atoms with Crippen molar-refractivity contribution >= 4 is 0 Å². The standard InChI is InChI=1S/C14H21NO2/c1-11-9-12(17-3)5-6-13(11)14(16)7-4-8-15(2)10-14/h5-6,9,16H,4,7-8,10H2,1-3H3. The molecule has 1 aromatic carbocycles. The summed E-state index contributed by atoms with van der Waals surface area (Å²) in [4.78, 5) is 2.19. The smallest absolute Gasteiger partial charge is 0.119 e. The first kappa shape index (κ1) is 12.4. The van der Waals surface area contributed by atoms with Crippen LogP contribution in [0.1, 0.15) is 24.0 Å². The Hall–Kier alpha value is -1.06. The molecule has 0 aromatic heterocycles. The number of β-amino-alcohol motifs (C(OH)–C–C–N with tert-alkyl or cyclic N) is 1. The van der Waals surface area contributed by atoms with Crippen molar-refractivity contribution in [1.29, 1.82) is 0 Å². The van der Waals surface area contributed by atoms with Crippen molar-refractivity contribution in [2.24, 2.45) is 0 Å². The highest BCUT2D eigenvalue weighted by Crippen LogP contribution is 2.34. The number of likely N-dealkylation sites (tertiary alicyclic amines) is 1. The van der Waals surface area contributed by atoms with Gasteiger partial charge in [0.15, 0.2) is 0 Å². The number of hydrogen-bond acceptors (Lipinski definition) is 3. The van der Waals surface area contributed by atoms with Gasteiger partial charge < -0.3 is 14.7 Å². The van der Waals surface area contributed by atoms with Crippen molar-refractivity contribution in [3.8, 4) is 5.75 Å². The molecule has 1 saturated heterocycles. The average molecular weight is 235 g/mol. The maximum absolute atomic E-state index is 10.8. The summed E-state index contributed by atoms with van der Waals surface area (Å²) in [5.41, 5.74) is 1.43. The predicted octanol–water partition coefficient (Wildman–Crippen LogP) is 1.92. The van der Waals surface area contributed by atoms with Gasteiger partial charge in [-0.05, 0) is 56.6 Å². The molecule has 2 rings (SSSR count). The molecular weight excluding hydrogens is 214 g/mol. The fraction of sp³-hybridized carbons (Fsp3) is 0.571. The molecule has 0 aliphatic carbocycles. The number of aliphatic hydroxyl groups is 1. The van der Waals surface area contributed by atoms with E-state index < -0.39 is 5.60 Å². The molecule has 17 heavy (non-hydrogen) atoms. The zero-order valence-corrected chi connectivity index (χ0v) is 10.9.